The predicted molar refractivity (Wildman–Crippen MR) is 64.3 cm³/mol. The number of methoxy groups -OCH3 is 1. The standard InChI is InChI=1S/C11H18N4O/c1-8-12-9-4-5-10(14-11(9)13-8)15(2)6-7-16-3/h4-5,10,14H,6-7H2,1-3H3,(H,12,13). The summed E-state index contributed by atoms with van der Waals surface area (Å²) in [4.78, 5) is 9.77. The van der Waals surface area contributed by atoms with Crippen LogP contribution in [0.5, 0.6) is 0 Å². The van der Waals surface area contributed by atoms with E-state index in [1.807, 2.05) is 6.92 Å². The van der Waals surface area contributed by atoms with Crippen LogP contribution in [0.3, 0.4) is 0 Å². The minimum atomic E-state index is 0.186. The SMILES string of the molecule is COCCN(C)C1C=Cc2[nH]c(C)nc2N1. The van der Waals surface area contributed by atoms with Gasteiger partial charge in [0.05, 0.1) is 12.3 Å². The second kappa shape index (κ2) is 4.67. The van der Waals surface area contributed by atoms with Crippen molar-refractivity contribution in [1.29, 1.82) is 0 Å². The summed E-state index contributed by atoms with van der Waals surface area (Å²) >= 11 is 0. The summed E-state index contributed by atoms with van der Waals surface area (Å²) in [5.74, 6) is 1.86. The zero-order valence-electron chi connectivity index (χ0n) is 9.95. The molecule has 0 bridgehead atoms. The summed E-state index contributed by atoms with van der Waals surface area (Å²) in [5.41, 5.74) is 1.05. The molecule has 0 fully saturated rings. The summed E-state index contributed by atoms with van der Waals surface area (Å²) in [5, 5.41) is 3.37. The molecule has 0 spiro atoms. The monoisotopic (exact) mass is 222 g/mol. The fraction of sp³-hybridized carbons (Fsp3) is 0.545. The molecule has 0 saturated carbocycles. The van der Waals surface area contributed by atoms with E-state index in [0.717, 1.165) is 30.5 Å². The lowest BCUT2D eigenvalue weighted by atomic mass is 10.2. The first-order chi connectivity index (χ1) is 7.70. The number of rotatable bonds is 4. The van der Waals surface area contributed by atoms with Crippen molar-refractivity contribution in [1.82, 2.24) is 14.9 Å². The fourth-order valence-corrected chi connectivity index (χ4v) is 1.75. The van der Waals surface area contributed by atoms with Crippen LogP contribution in [0.1, 0.15) is 11.5 Å². The highest BCUT2D eigenvalue weighted by atomic mass is 16.5. The second-order valence-electron chi connectivity index (χ2n) is 4.01. The molecular weight excluding hydrogens is 204 g/mol. The molecule has 1 aromatic rings. The second-order valence-corrected chi connectivity index (χ2v) is 4.01. The van der Waals surface area contributed by atoms with Crippen LogP contribution in [0, 0.1) is 6.92 Å². The predicted octanol–water partition coefficient (Wildman–Crippen LogP) is 1.06. The molecule has 5 nitrogen and oxygen atoms in total. The third kappa shape index (κ3) is 2.25. The number of nitrogens with one attached hydrogen (secondary N) is 2. The first-order valence-electron chi connectivity index (χ1n) is 5.41. The van der Waals surface area contributed by atoms with Crippen LogP contribution in [0.2, 0.25) is 0 Å². The summed E-state index contributed by atoms with van der Waals surface area (Å²) in [6.45, 7) is 3.57. The quantitative estimate of drug-likeness (QED) is 0.800. The van der Waals surface area contributed by atoms with Crippen LogP contribution < -0.4 is 5.32 Å². The Morgan fingerprint density at radius 3 is 3.12 bits per heavy atom. The molecule has 1 aliphatic heterocycles. The van der Waals surface area contributed by atoms with Gasteiger partial charge < -0.3 is 15.0 Å². The lowest BCUT2D eigenvalue weighted by Crippen LogP contribution is -2.39. The van der Waals surface area contributed by atoms with E-state index in [-0.39, 0.29) is 6.17 Å². The summed E-state index contributed by atoms with van der Waals surface area (Å²) in [7, 11) is 3.78. The highest BCUT2D eigenvalue weighted by Crippen LogP contribution is 2.20. The van der Waals surface area contributed by atoms with Crippen molar-refractivity contribution in [3.05, 3.63) is 17.6 Å². The molecule has 2 heterocycles. The van der Waals surface area contributed by atoms with Gasteiger partial charge in [0.1, 0.15) is 12.0 Å². The molecule has 16 heavy (non-hydrogen) atoms. The van der Waals surface area contributed by atoms with Gasteiger partial charge in [-0.2, -0.15) is 0 Å². The molecule has 0 amide bonds. The van der Waals surface area contributed by atoms with Gasteiger partial charge in [-0.25, -0.2) is 4.98 Å². The van der Waals surface area contributed by atoms with Crippen molar-refractivity contribution in [3.63, 3.8) is 0 Å². The number of imidazole rings is 1. The number of anilines is 1. The van der Waals surface area contributed by atoms with Crippen LogP contribution in [0.4, 0.5) is 5.82 Å². The van der Waals surface area contributed by atoms with Gasteiger partial charge >= 0.3 is 0 Å². The van der Waals surface area contributed by atoms with Crippen molar-refractivity contribution in [3.8, 4) is 0 Å². The molecule has 1 unspecified atom stereocenters. The summed E-state index contributed by atoms with van der Waals surface area (Å²) in [6.07, 6.45) is 4.38. The third-order valence-corrected chi connectivity index (χ3v) is 2.70. The minimum Gasteiger partial charge on any atom is -0.383 e. The molecule has 1 aliphatic rings. The van der Waals surface area contributed by atoms with Gasteiger partial charge in [-0.1, -0.05) is 0 Å². The molecule has 88 valence electrons. The molecule has 0 aromatic carbocycles. The van der Waals surface area contributed by atoms with Crippen molar-refractivity contribution >= 4 is 11.9 Å². The number of H-pyrrole nitrogens is 1. The third-order valence-electron chi connectivity index (χ3n) is 2.70. The van der Waals surface area contributed by atoms with Crippen LogP contribution in [0.25, 0.3) is 6.08 Å². The van der Waals surface area contributed by atoms with E-state index >= 15 is 0 Å². The zero-order chi connectivity index (χ0) is 11.5. The van der Waals surface area contributed by atoms with Gasteiger partial charge in [0, 0.05) is 13.7 Å². The van der Waals surface area contributed by atoms with E-state index in [4.69, 9.17) is 4.74 Å². The van der Waals surface area contributed by atoms with E-state index < -0.39 is 0 Å². The van der Waals surface area contributed by atoms with Gasteiger partial charge in [-0.15, -0.1) is 0 Å². The van der Waals surface area contributed by atoms with Crippen LogP contribution >= 0.6 is 0 Å². The summed E-state index contributed by atoms with van der Waals surface area (Å²) in [6, 6.07) is 0. The Bertz CT molecular complexity index is 385. The molecule has 5 heteroatoms. The fourth-order valence-electron chi connectivity index (χ4n) is 1.75. The summed E-state index contributed by atoms with van der Waals surface area (Å²) < 4.78 is 5.06. The smallest absolute Gasteiger partial charge is 0.153 e. The van der Waals surface area contributed by atoms with Crippen molar-refractivity contribution in [2.75, 3.05) is 32.6 Å². The Labute approximate surface area is 95.5 Å². The molecule has 1 aromatic heterocycles. The lowest BCUT2D eigenvalue weighted by Gasteiger charge is -2.28. The Kier molecular flexibility index (Phi) is 3.26. The van der Waals surface area contributed by atoms with Gasteiger partial charge in [0.25, 0.3) is 0 Å². The largest absolute Gasteiger partial charge is 0.383 e. The first-order valence-corrected chi connectivity index (χ1v) is 5.41. The average Bonchev–Trinajstić information content (AvgIpc) is 2.64. The van der Waals surface area contributed by atoms with Crippen molar-refractivity contribution in [2.45, 2.75) is 13.1 Å². The number of aromatic nitrogens is 2. The first kappa shape index (κ1) is 11.2. The maximum absolute atomic E-state index is 5.06. The van der Waals surface area contributed by atoms with E-state index in [2.05, 4.69) is 39.4 Å². The van der Waals surface area contributed by atoms with Gasteiger partial charge in [-0.3, -0.25) is 4.90 Å². The maximum atomic E-state index is 5.06. The topological polar surface area (TPSA) is 53.2 Å². The number of aryl methyl sites for hydroxylation is 1. The number of likely N-dealkylation sites (N-methyl/N-ethyl adjacent to an activating group) is 1. The number of aromatic amines is 1. The Hall–Kier alpha value is -1.33. The van der Waals surface area contributed by atoms with Crippen LogP contribution in [-0.2, 0) is 4.74 Å². The van der Waals surface area contributed by atoms with E-state index in [0.29, 0.717) is 0 Å². The van der Waals surface area contributed by atoms with Crippen LogP contribution in [0.15, 0.2) is 6.08 Å². The number of nitrogens with zero attached hydrogens (tertiary/aromatic N) is 2. The Balaban J connectivity index is 2.01. The van der Waals surface area contributed by atoms with E-state index in [1.54, 1.807) is 7.11 Å². The molecule has 0 saturated heterocycles. The normalized spacial score (nSPS) is 18.6. The molecule has 0 aliphatic carbocycles. The zero-order valence-corrected chi connectivity index (χ0v) is 9.95. The number of ether oxygens (including phenoxy) is 1. The van der Waals surface area contributed by atoms with E-state index in [9.17, 15) is 0 Å². The van der Waals surface area contributed by atoms with Crippen molar-refractivity contribution in [2.24, 2.45) is 0 Å². The minimum absolute atomic E-state index is 0.186. The van der Waals surface area contributed by atoms with Gasteiger partial charge in [0.2, 0.25) is 0 Å². The highest BCUT2D eigenvalue weighted by molar-refractivity contribution is 5.64. The highest BCUT2D eigenvalue weighted by Gasteiger charge is 2.18. The molecule has 0 radical (unpaired) electrons. The number of fused-ring (bicyclic) bond motifs is 1. The number of hydrogen-bond donors (Lipinski definition) is 2. The lowest BCUT2D eigenvalue weighted by molar-refractivity contribution is 0.154. The van der Waals surface area contributed by atoms with E-state index in [1.165, 1.54) is 0 Å². The number of hydrogen-bond acceptors (Lipinski definition) is 4. The van der Waals surface area contributed by atoms with Gasteiger partial charge in [-0.05, 0) is 26.1 Å². The Morgan fingerprint density at radius 2 is 2.38 bits per heavy atom. The van der Waals surface area contributed by atoms with Crippen molar-refractivity contribution < 1.29 is 4.74 Å². The molecule has 2 N–H and O–H groups in total. The van der Waals surface area contributed by atoms with Crippen LogP contribution in [-0.4, -0.2) is 48.3 Å². The van der Waals surface area contributed by atoms with Gasteiger partial charge in [0.15, 0.2) is 5.82 Å². The molecular formula is C11H18N4O. The molecule has 1 atom stereocenters. The average molecular weight is 222 g/mol. The maximum Gasteiger partial charge on any atom is 0.153 e. The molecule has 2 rings (SSSR count). The Morgan fingerprint density at radius 1 is 1.56 bits per heavy atom.